The minimum Gasteiger partial charge on any atom is -0.256 e. The molecule has 0 radical (unpaired) electrons. The van der Waals surface area contributed by atoms with Crippen molar-refractivity contribution in [2.45, 2.75) is 0 Å². The highest BCUT2D eigenvalue weighted by Crippen LogP contribution is 2.21. The molecule has 0 aliphatic carbocycles. The number of nitriles is 1. The number of pyridine rings is 1. The Morgan fingerprint density at radius 3 is 2.59 bits per heavy atom. The zero-order valence-corrected chi connectivity index (χ0v) is 9.72. The maximum atomic E-state index is 9.13. The van der Waals surface area contributed by atoms with Gasteiger partial charge in [0.25, 0.3) is 0 Å². The van der Waals surface area contributed by atoms with Gasteiger partial charge in [-0.25, -0.2) is 0 Å². The number of nitrogens with zero attached hydrogens (tertiary/aromatic N) is 2. The zero-order valence-electron chi connectivity index (χ0n) is 8.97. The summed E-state index contributed by atoms with van der Waals surface area (Å²) in [6.45, 7) is 0. The molecule has 0 aliphatic rings. The molecule has 0 saturated heterocycles. The van der Waals surface area contributed by atoms with Crippen molar-refractivity contribution in [1.29, 1.82) is 5.26 Å². The summed E-state index contributed by atoms with van der Waals surface area (Å²) in [6.07, 6.45) is 3.40. The maximum Gasteiger partial charge on any atom is 0.101 e. The second-order valence-electron chi connectivity index (χ2n) is 3.41. The van der Waals surface area contributed by atoms with Gasteiger partial charge in [0, 0.05) is 11.2 Å². The van der Waals surface area contributed by atoms with E-state index in [0.29, 0.717) is 16.3 Å². The molecular weight excluding hydrogens is 232 g/mol. The van der Waals surface area contributed by atoms with Crippen molar-refractivity contribution in [1.82, 2.24) is 4.98 Å². The minimum atomic E-state index is 0.499. The van der Waals surface area contributed by atoms with Crippen LogP contribution < -0.4 is 0 Å². The first-order valence-electron chi connectivity index (χ1n) is 5.09. The minimum absolute atomic E-state index is 0.499. The molecule has 2 rings (SSSR count). The lowest BCUT2D eigenvalue weighted by Crippen LogP contribution is -1.86. The van der Waals surface area contributed by atoms with E-state index in [4.69, 9.17) is 16.9 Å². The Balaban J connectivity index is 2.45. The molecule has 0 bridgehead atoms. The second kappa shape index (κ2) is 5.29. The van der Waals surface area contributed by atoms with Crippen molar-refractivity contribution >= 4 is 23.3 Å². The largest absolute Gasteiger partial charge is 0.256 e. The van der Waals surface area contributed by atoms with Crippen LogP contribution in [0.15, 0.2) is 48.7 Å². The van der Waals surface area contributed by atoms with Crippen LogP contribution in [0.3, 0.4) is 0 Å². The molecule has 2 aromatic rings. The quantitative estimate of drug-likeness (QED) is 0.749. The molecule has 0 unspecified atom stereocenters. The predicted molar refractivity (Wildman–Crippen MR) is 69.2 cm³/mol. The van der Waals surface area contributed by atoms with Gasteiger partial charge >= 0.3 is 0 Å². The van der Waals surface area contributed by atoms with Gasteiger partial charge in [-0.3, -0.25) is 4.98 Å². The second-order valence-corrected chi connectivity index (χ2v) is 3.81. The third kappa shape index (κ3) is 2.72. The van der Waals surface area contributed by atoms with E-state index in [1.165, 1.54) is 0 Å². The fourth-order valence-electron chi connectivity index (χ4n) is 1.43. The molecule has 0 spiro atoms. The summed E-state index contributed by atoms with van der Waals surface area (Å²) in [7, 11) is 0. The number of allylic oxidation sites excluding steroid dienone is 1. The summed E-state index contributed by atoms with van der Waals surface area (Å²) >= 11 is 6.04. The highest BCUT2D eigenvalue weighted by atomic mass is 35.5. The maximum absolute atomic E-state index is 9.13. The van der Waals surface area contributed by atoms with Crippen molar-refractivity contribution in [3.05, 3.63) is 64.9 Å². The first-order chi connectivity index (χ1) is 8.31. The topological polar surface area (TPSA) is 36.7 Å². The van der Waals surface area contributed by atoms with E-state index >= 15 is 0 Å². The van der Waals surface area contributed by atoms with Crippen LogP contribution in [0.25, 0.3) is 11.6 Å². The molecule has 0 amide bonds. The lowest BCUT2D eigenvalue weighted by Gasteiger charge is -2.00. The average Bonchev–Trinajstić information content (AvgIpc) is 2.39. The van der Waals surface area contributed by atoms with Gasteiger partial charge in [-0.15, -0.1) is 0 Å². The summed E-state index contributed by atoms with van der Waals surface area (Å²) < 4.78 is 0. The molecular formula is C14H9ClN2. The van der Waals surface area contributed by atoms with Crippen LogP contribution in [0.1, 0.15) is 11.3 Å². The normalized spacial score (nSPS) is 10.9. The van der Waals surface area contributed by atoms with Crippen molar-refractivity contribution in [2.24, 2.45) is 0 Å². The first kappa shape index (κ1) is 11.4. The molecule has 82 valence electrons. The average molecular weight is 241 g/mol. The van der Waals surface area contributed by atoms with Gasteiger partial charge in [-0.05, 0) is 29.8 Å². The predicted octanol–water partition coefficient (Wildman–Crippen LogP) is 3.80. The molecule has 1 aromatic carbocycles. The fourth-order valence-corrected chi connectivity index (χ4v) is 1.62. The molecule has 0 aliphatic heterocycles. The van der Waals surface area contributed by atoms with Crippen molar-refractivity contribution in [2.75, 3.05) is 0 Å². The number of benzene rings is 1. The van der Waals surface area contributed by atoms with E-state index in [9.17, 15) is 0 Å². The SMILES string of the molecule is N#CC(=Cc1ccccc1Cl)c1ccccn1. The molecule has 0 N–H and O–H groups in total. The van der Waals surface area contributed by atoms with E-state index in [-0.39, 0.29) is 0 Å². The Bertz CT molecular complexity index is 583. The van der Waals surface area contributed by atoms with Gasteiger partial charge in [-0.2, -0.15) is 5.26 Å². The van der Waals surface area contributed by atoms with Gasteiger partial charge in [-0.1, -0.05) is 35.9 Å². The van der Waals surface area contributed by atoms with Gasteiger partial charge in [0.15, 0.2) is 0 Å². The Morgan fingerprint density at radius 2 is 1.94 bits per heavy atom. The van der Waals surface area contributed by atoms with Crippen LogP contribution in [-0.2, 0) is 0 Å². The highest BCUT2D eigenvalue weighted by Gasteiger charge is 2.03. The smallest absolute Gasteiger partial charge is 0.101 e. The van der Waals surface area contributed by atoms with Crippen molar-refractivity contribution in [3.63, 3.8) is 0 Å². The summed E-state index contributed by atoms with van der Waals surface area (Å²) in [5.74, 6) is 0. The Kier molecular flexibility index (Phi) is 3.54. The molecule has 2 nitrogen and oxygen atoms in total. The lowest BCUT2D eigenvalue weighted by atomic mass is 10.1. The number of hydrogen-bond donors (Lipinski definition) is 0. The van der Waals surface area contributed by atoms with Gasteiger partial charge in [0.1, 0.15) is 6.07 Å². The molecule has 0 saturated carbocycles. The van der Waals surface area contributed by atoms with Gasteiger partial charge in [0.2, 0.25) is 0 Å². The summed E-state index contributed by atoms with van der Waals surface area (Å²) in [4.78, 5) is 4.14. The Morgan fingerprint density at radius 1 is 1.18 bits per heavy atom. The third-order valence-corrected chi connectivity index (χ3v) is 2.61. The van der Waals surface area contributed by atoms with E-state index in [1.54, 1.807) is 24.4 Å². The molecule has 1 heterocycles. The van der Waals surface area contributed by atoms with Crippen LogP contribution in [0.4, 0.5) is 0 Å². The van der Waals surface area contributed by atoms with Crippen LogP contribution in [0.5, 0.6) is 0 Å². The van der Waals surface area contributed by atoms with Gasteiger partial charge < -0.3 is 0 Å². The summed E-state index contributed by atoms with van der Waals surface area (Å²) in [6, 6.07) is 15.0. The molecule has 17 heavy (non-hydrogen) atoms. The van der Waals surface area contributed by atoms with E-state index in [0.717, 1.165) is 5.56 Å². The first-order valence-corrected chi connectivity index (χ1v) is 5.47. The number of rotatable bonds is 2. The van der Waals surface area contributed by atoms with Crippen molar-refractivity contribution in [3.8, 4) is 6.07 Å². The fraction of sp³-hybridized carbons (Fsp3) is 0. The molecule has 3 heteroatoms. The van der Waals surface area contributed by atoms with Crippen LogP contribution in [-0.4, -0.2) is 4.98 Å². The van der Waals surface area contributed by atoms with E-state index < -0.39 is 0 Å². The van der Waals surface area contributed by atoms with E-state index in [2.05, 4.69) is 11.1 Å². The van der Waals surface area contributed by atoms with Crippen molar-refractivity contribution < 1.29 is 0 Å². The molecule has 0 fully saturated rings. The number of aromatic nitrogens is 1. The summed E-state index contributed by atoms with van der Waals surface area (Å²) in [5.41, 5.74) is 1.96. The van der Waals surface area contributed by atoms with Crippen LogP contribution >= 0.6 is 11.6 Å². The molecule has 0 atom stereocenters. The van der Waals surface area contributed by atoms with Gasteiger partial charge in [0.05, 0.1) is 11.3 Å². The Hall–Kier alpha value is -2.11. The van der Waals surface area contributed by atoms with Crippen LogP contribution in [0, 0.1) is 11.3 Å². The number of hydrogen-bond acceptors (Lipinski definition) is 2. The monoisotopic (exact) mass is 240 g/mol. The third-order valence-electron chi connectivity index (χ3n) is 2.27. The molecule has 1 aromatic heterocycles. The standard InChI is InChI=1S/C14H9ClN2/c15-13-6-2-1-5-11(13)9-12(10-16)14-7-3-4-8-17-14/h1-9H. The zero-order chi connectivity index (χ0) is 12.1. The highest BCUT2D eigenvalue weighted by molar-refractivity contribution is 6.32. The van der Waals surface area contributed by atoms with E-state index in [1.807, 2.05) is 30.3 Å². The lowest BCUT2D eigenvalue weighted by molar-refractivity contribution is 1.28. The van der Waals surface area contributed by atoms with Crippen LogP contribution in [0.2, 0.25) is 5.02 Å². The number of halogens is 1. The summed E-state index contributed by atoms with van der Waals surface area (Å²) in [5, 5.41) is 9.75. The Labute approximate surface area is 105 Å².